The normalized spacial score (nSPS) is 10.3. The van der Waals surface area contributed by atoms with Crippen LogP contribution in [0.3, 0.4) is 0 Å². The topological polar surface area (TPSA) is 127 Å². The first-order valence-corrected chi connectivity index (χ1v) is 6.75. The number of benzene rings is 1. The second kappa shape index (κ2) is 6.88. The van der Waals surface area contributed by atoms with E-state index in [1.807, 2.05) is 0 Å². The maximum absolute atomic E-state index is 11.9. The van der Waals surface area contributed by atoms with Crippen LogP contribution in [-0.2, 0) is 11.3 Å². The highest BCUT2D eigenvalue weighted by atomic mass is 35.5. The molecule has 0 radical (unpaired) electrons. The molecule has 1 heterocycles. The van der Waals surface area contributed by atoms with Crippen LogP contribution in [0, 0.1) is 10.1 Å². The molecule has 0 aliphatic rings. The molecule has 120 valence electrons. The van der Waals surface area contributed by atoms with E-state index < -0.39 is 16.8 Å². The Balaban J connectivity index is 1.98. The Morgan fingerprint density at radius 2 is 2.13 bits per heavy atom. The Labute approximate surface area is 134 Å². The van der Waals surface area contributed by atoms with Crippen molar-refractivity contribution in [2.75, 3.05) is 5.32 Å². The molecule has 10 heteroatoms. The predicted molar refractivity (Wildman–Crippen MR) is 80.5 cm³/mol. The molecule has 1 aromatic carbocycles. The highest BCUT2D eigenvalue weighted by Gasteiger charge is 2.13. The van der Waals surface area contributed by atoms with Crippen LogP contribution in [0.5, 0.6) is 0 Å². The van der Waals surface area contributed by atoms with Crippen LogP contribution >= 0.6 is 11.6 Å². The van der Waals surface area contributed by atoms with Gasteiger partial charge in [-0.25, -0.2) is 4.79 Å². The summed E-state index contributed by atoms with van der Waals surface area (Å²) in [6.07, 6.45) is 1.44. The molecule has 2 aromatic rings. The minimum absolute atomic E-state index is 0.000238. The van der Waals surface area contributed by atoms with E-state index in [4.69, 9.17) is 16.7 Å². The van der Waals surface area contributed by atoms with Crippen LogP contribution < -0.4 is 5.32 Å². The fourth-order valence-electron chi connectivity index (χ4n) is 1.75. The number of carbonyl (C=O) groups excluding carboxylic acids is 1. The van der Waals surface area contributed by atoms with Gasteiger partial charge in [0.05, 0.1) is 15.6 Å². The lowest BCUT2D eigenvalue weighted by molar-refractivity contribution is -0.384. The van der Waals surface area contributed by atoms with Gasteiger partial charge in [-0.05, 0) is 12.1 Å². The second-order valence-electron chi connectivity index (χ2n) is 4.49. The molecular weight excluding hydrogens is 328 g/mol. The summed E-state index contributed by atoms with van der Waals surface area (Å²) >= 11 is 5.88. The average molecular weight is 339 g/mol. The number of hydrogen-bond acceptors (Lipinski definition) is 5. The van der Waals surface area contributed by atoms with E-state index in [9.17, 15) is 19.7 Å². The molecular formula is C13H11ClN4O5. The minimum Gasteiger partial charge on any atom is -0.476 e. The van der Waals surface area contributed by atoms with Crippen molar-refractivity contribution in [1.82, 2.24) is 9.78 Å². The Bertz CT molecular complexity index is 773. The van der Waals surface area contributed by atoms with E-state index in [0.717, 1.165) is 6.07 Å². The summed E-state index contributed by atoms with van der Waals surface area (Å²) in [7, 11) is 0. The van der Waals surface area contributed by atoms with Gasteiger partial charge in [0.25, 0.3) is 5.69 Å². The predicted octanol–water partition coefficient (Wildman–Crippen LogP) is 2.17. The van der Waals surface area contributed by atoms with Gasteiger partial charge in [0.2, 0.25) is 5.91 Å². The first-order chi connectivity index (χ1) is 10.9. The van der Waals surface area contributed by atoms with Crippen LogP contribution in [0.15, 0.2) is 30.5 Å². The average Bonchev–Trinajstić information content (AvgIpc) is 2.96. The smallest absolute Gasteiger partial charge is 0.356 e. The van der Waals surface area contributed by atoms with E-state index in [1.54, 1.807) is 0 Å². The summed E-state index contributed by atoms with van der Waals surface area (Å²) in [4.78, 5) is 32.7. The van der Waals surface area contributed by atoms with Crippen molar-refractivity contribution in [3.05, 3.63) is 51.3 Å². The number of halogens is 1. The number of nitrogens with one attached hydrogen (secondary N) is 1. The number of aromatic nitrogens is 2. The monoisotopic (exact) mass is 338 g/mol. The Morgan fingerprint density at radius 3 is 2.74 bits per heavy atom. The number of nitrogens with zero attached hydrogens (tertiary/aromatic N) is 3. The highest BCUT2D eigenvalue weighted by molar-refractivity contribution is 6.33. The third-order valence-corrected chi connectivity index (χ3v) is 3.19. The summed E-state index contributed by atoms with van der Waals surface area (Å²) < 4.78 is 1.32. The summed E-state index contributed by atoms with van der Waals surface area (Å²) in [6, 6.07) is 5.03. The second-order valence-corrected chi connectivity index (χ2v) is 4.90. The molecule has 0 spiro atoms. The standard InChI is InChI=1S/C13H11ClN4O5/c14-9-2-1-8(18(22)23)7-11(9)15-12(19)4-6-17-5-3-10(16-17)13(20)21/h1-3,5,7H,4,6H2,(H,15,19)(H,20,21). The zero-order valence-electron chi connectivity index (χ0n) is 11.6. The van der Waals surface area contributed by atoms with Gasteiger partial charge in [0.1, 0.15) is 0 Å². The number of carboxylic acid groups (broad SMARTS) is 1. The van der Waals surface area contributed by atoms with Crippen LogP contribution in [0.1, 0.15) is 16.9 Å². The van der Waals surface area contributed by atoms with Crippen LogP contribution in [0.2, 0.25) is 5.02 Å². The van der Waals surface area contributed by atoms with Crippen molar-refractivity contribution >= 4 is 34.9 Å². The summed E-state index contributed by atoms with van der Waals surface area (Å²) in [5.41, 5.74) is -0.174. The van der Waals surface area contributed by atoms with Crippen molar-refractivity contribution < 1.29 is 19.6 Å². The number of hydrogen-bond donors (Lipinski definition) is 2. The summed E-state index contributed by atoms with van der Waals surface area (Å²) in [6.45, 7) is 0.158. The molecule has 0 aliphatic carbocycles. The van der Waals surface area contributed by atoms with Crippen molar-refractivity contribution in [3.63, 3.8) is 0 Å². The van der Waals surface area contributed by atoms with E-state index >= 15 is 0 Å². The number of aromatic carboxylic acids is 1. The van der Waals surface area contributed by atoms with Gasteiger partial charge in [-0.2, -0.15) is 5.10 Å². The van der Waals surface area contributed by atoms with Gasteiger partial charge in [0, 0.05) is 31.3 Å². The Morgan fingerprint density at radius 1 is 1.39 bits per heavy atom. The molecule has 0 aliphatic heterocycles. The number of nitro groups is 1. The number of aryl methyl sites for hydroxylation is 1. The highest BCUT2D eigenvalue weighted by Crippen LogP contribution is 2.26. The molecule has 2 rings (SSSR count). The first kappa shape index (κ1) is 16.4. The number of amides is 1. The SMILES string of the molecule is O=C(CCn1ccc(C(=O)O)n1)Nc1cc([N+](=O)[O-])ccc1Cl. The molecule has 23 heavy (non-hydrogen) atoms. The van der Waals surface area contributed by atoms with Gasteiger partial charge < -0.3 is 10.4 Å². The third-order valence-electron chi connectivity index (χ3n) is 2.86. The fraction of sp³-hybridized carbons (Fsp3) is 0.154. The first-order valence-electron chi connectivity index (χ1n) is 6.37. The minimum atomic E-state index is -1.16. The molecule has 1 aromatic heterocycles. The van der Waals surface area contributed by atoms with Gasteiger partial charge in [-0.3, -0.25) is 19.6 Å². The fourth-order valence-corrected chi connectivity index (χ4v) is 1.92. The Kier molecular flexibility index (Phi) is 4.91. The lowest BCUT2D eigenvalue weighted by atomic mass is 10.2. The zero-order chi connectivity index (χ0) is 17.0. The lowest BCUT2D eigenvalue weighted by Crippen LogP contribution is -2.15. The van der Waals surface area contributed by atoms with E-state index in [1.165, 1.54) is 29.1 Å². The van der Waals surface area contributed by atoms with Gasteiger partial charge >= 0.3 is 5.97 Å². The van der Waals surface area contributed by atoms with Crippen molar-refractivity contribution in [2.24, 2.45) is 0 Å². The van der Waals surface area contributed by atoms with Crippen molar-refractivity contribution in [3.8, 4) is 0 Å². The maximum atomic E-state index is 11.9. The number of rotatable bonds is 6. The molecule has 9 nitrogen and oxygen atoms in total. The lowest BCUT2D eigenvalue weighted by Gasteiger charge is -2.07. The van der Waals surface area contributed by atoms with E-state index in [0.29, 0.717) is 0 Å². The number of carbonyl (C=O) groups is 2. The molecule has 0 atom stereocenters. The van der Waals surface area contributed by atoms with Gasteiger partial charge in [0.15, 0.2) is 5.69 Å². The molecule has 1 amide bonds. The molecule has 0 bridgehead atoms. The van der Waals surface area contributed by atoms with Gasteiger partial charge in [-0.1, -0.05) is 11.6 Å². The zero-order valence-corrected chi connectivity index (χ0v) is 12.4. The molecule has 0 unspecified atom stereocenters. The number of non-ortho nitro benzene ring substituents is 1. The molecule has 0 fully saturated rings. The summed E-state index contributed by atoms with van der Waals surface area (Å²) in [5, 5.41) is 25.9. The maximum Gasteiger partial charge on any atom is 0.356 e. The van der Waals surface area contributed by atoms with Gasteiger partial charge in [-0.15, -0.1) is 0 Å². The Hall–Kier alpha value is -2.94. The van der Waals surface area contributed by atoms with Crippen LogP contribution in [-0.4, -0.2) is 31.7 Å². The van der Waals surface area contributed by atoms with Crippen LogP contribution in [0.4, 0.5) is 11.4 Å². The summed E-state index contributed by atoms with van der Waals surface area (Å²) in [5.74, 6) is -1.59. The largest absolute Gasteiger partial charge is 0.476 e. The van der Waals surface area contributed by atoms with E-state index in [-0.39, 0.29) is 35.1 Å². The number of nitro benzene ring substituents is 1. The molecule has 0 saturated heterocycles. The van der Waals surface area contributed by atoms with E-state index in [2.05, 4.69) is 10.4 Å². The third kappa shape index (κ3) is 4.27. The number of anilines is 1. The van der Waals surface area contributed by atoms with Crippen molar-refractivity contribution in [2.45, 2.75) is 13.0 Å². The molecule has 0 saturated carbocycles. The quantitative estimate of drug-likeness (QED) is 0.613. The van der Waals surface area contributed by atoms with Crippen LogP contribution in [0.25, 0.3) is 0 Å². The number of carboxylic acids is 1. The molecule has 2 N–H and O–H groups in total. The van der Waals surface area contributed by atoms with Crippen molar-refractivity contribution in [1.29, 1.82) is 0 Å².